The van der Waals surface area contributed by atoms with E-state index in [1.165, 1.54) is 16.8 Å². The average molecular weight is 429 g/mol. The van der Waals surface area contributed by atoms with Crippen LogP contribution in [0.4, 0.5) is 0 Å². The molecule has 0 aliphatic carbocycles. The van der Waals surface area contributed by atoms with Crippen molar-refractivity contribution in [3.05, 3.63) is 34.0 Å². The normalized spacial score (nSPS) is 16.6. The van der Waals surface area contributed by atoms with Gasteiger partial charge in [0.25, 0.3) is 0 Å². The van der Waals surface area contributed by atoms with Gasteiger partial charge in [-0.2, -0.15) is 5.10 Å². The fraction of sp³-hybridized carbons (Fsp3) is 0.444. The van der Waals surface area contributed by atoms with Crippen molar-refractivity contribution < 1.29 is 27.8 Å². The molecular formula is C18H21ClN2O6S. The van der Waals surface area contributed by atoms with E-state index >= 15 is 0 Å². The molecule has 0 radical (unpaired) electrons. The van der Waals surface area contributed by atoms with Crippen LogP contribution in [0.25, 0.3) is 0 Å². The highest BCUT2D eigenvalue weighted by Gasteiger charge is 2.29. The zero-order chi connectivity index (χ0) is 20.6. The van der Waals surface area contributed by atoms with Crippen molar-refractivity contribution in [2.24, 2.45) is 0 Å². The Morgan fingerprint density at radius 1 is 1.46 bits per heavy atom. The molecular weight excluding hydrogens is 408 g/mol. The highest BCUT2D eigenvalue weighted by atomic mass is 35.5. The highest BCUT2D eigenvalue weighted by molar-refractivity contribution is 7.90. The number of sulfone groups is 1. The van der Waals surface area contributed by atoms with E-state index in [0.717, 1.165) is 12.7 Å². The van der Waals surface area contributed by atoms with Gasteiger partial charge in [0.05, 0.1) is 16.8 Å². The molecule has 1 aromatic heterocycles. The maximum atomic E-state index is 13.0. The third-order valence-corrected chi connectivity index (χ3v) is 6.03. The number of benzene rings is 1. The number of carbonyl (C=O) groups excluding carboxylic acids is 1. The Labute approximate surface area is 167 Å². The van der Waals surface area contributed by atoms with Crippen molar-refractivity contribution in [2.45, 2.75) is 37.8 Å². The topological polar surface area (TPSA) is 108 Å². The fourth-order valence-corrected chi connectivity index (χ4v) is 4.10. The maximum absolute atomic E-state index is 13.0. The molecule has 8 nitrogen and oxygen atoms in total. The third kappa shape index (κ3) is 3.74. The molecule has 1 aromatic carbocycles. The Bertz CT molecular complexity index is 1030. The minimum absolute atomic E-state index is 0.0177. The number of ketones is 1. The van der Waals surface area contributed by atoms with Gasteiger partial charge in [0.15, 0.2) is 15.6 Å². The molecule has 1 aliphatic heterocycles. The second-order valence-corrected chi connectivity index (χ2v) is 8.91. The van der Waals surface area contributed by atoms with Crippen molar-refractivity contribution >= 4 is 27.2 Å². The first-order chi connectivity index (χ1) is 13.1. The first-order valence-electron chi connectivity index (χ1n) is 8.73. The van der Waals surface area contributed by atoms with Crippen LogP contribution in [0.5, 0.6) is 11.6 Å². The van der Waals surface area contributed by atoms with E-state index in [1.807, 2.05) is 0 Å². The van der Waals surface area contributed by atoms with Crippen LogP contribution in [-0.4, -0.2) is 54.7 Å². The summed E-state index contributed by atoms with van der Waals surface area (Å²) in [6.07, 6.45) is 1.69. The Morgan fingerprint density at radius 3 is 2.64 bits per heavy atom. The Balaban J connectivity index is 2.06. The lowest BCUT2D eigenvalue weighted by Crippen LogP contribution is -2.32. The summed E-state index contributed by atoms with van der Waals surface area (Å²) in [5, 5.41) is 14.3. The monoisotopic (exact) mass is 428 g/mol. The van der Waals surface area contributed by atoms with Gasteiger partial charge in [-0.1, -0.05) is 11.6 Å². The molecule has 1 aliphatic rings. The van der Waals surface area contributed by atoms with Crippen molar-refractivity contribution in [1.29, 1.82) is 0 Å². The number of rotatable bonds is 7. The number of aromatic hydroxyl groups is 1. The smallest absolute Gasteiger partial charge is 0.221 e. The summed E-state index contributed by atoms with van der Waals surface area (Å²) >= 11 is 6.39. The van der Waals surface area contributed by atoms with E-state index in [1.54, 1.807) is 13.8 Å². The predicted octanol–water partition coefficient (Wildman–Crippen LogP) is 2.37. The van der Waals surface area contributed by atoms with Crippen LogP contribution < -0.4 is 4.74 Å². The summed E-state index contributed by atoms with van der Waals surface area (Å²) < 4.78 is 36.5. The standard InChI is InChI=1S/C18H21ClN2O6S/c1-4-21-18(23)14(10(2)20-21)16(22)12-5-6-13(28(3,24)25)17(15(12)19)27-9-11-7-8-26-11/h5-6,11,23H,4,7-9H2,1-3H3. The molecule has 1 atom stereocenters. The van der Waals surface area contributed by atoms with E-state index in [4.69, 9.17) is 21.1 Å². The lowest BCUT2D eigenvalue weighted by atomic mass is 10.0. The Hall–Kier alpha value is -2.10. The van der Waals surface area contributed by atoms with Crippen LogP contribution in [0.3, 0.4) is 0 Å². The van der Waals surface area contributed by atoms with Crippen LogP contribution in [0, 0.1) is 6.92 Å². The van der Waals surface area contributed by atoms with E-state index < -0.39 is 15.6 Å². The van der Waals surface area contributed by atoms with Gasteiger partial charge in [-0.3, -0.25) is 4.79 Å². The highest BCUT2D eigenvalue weighted by Crippen LogP contribution is 2.38. The number of hydrogen-bond donors (Lipinski definition) is 1. The zero-order valence-electron chi connectivity index (χ0n) is 15.7. The summed E-state index contributed by atoms with van der Waals surface area (Å²) in [5.41, 5.74) is 0.384. The number of ether oxygens (including phenoxy) is 2. The van der Waals surface area contributed by atoms with Crippen LogP contribution in [0.2, 0.25) is 5.02 Å². The van der Waals surface area contributed by atoms with Gasteiger partial charge in [0.1, 0.15) is 17.1 Å². The van der Waals surface area contributed by atoms with Crippen molar-refractivity contribution in [3.63, 3.8) is 0 Å². The number of hydrogen-bond acceptors (Lipinski definition) is 7. The molecule has 2 aromatic rings. The molecule has 0 saturated carbocycles. The van der Waals surface area contributed by atoms with Crippen molar-refractivity contribution in [1.82, 2.24) is 9.78 Å². The second kappa shape index (κ2) is 7.73. The van der Waals surface area contributed by atoms with Crippen LogP contribution in [0.15, 0.2) is 17.0 Å². The quantitative estimate of drug-likeness (QED) is 0.674. The van der Waals surface area contributed by atoms with Crippen LogP contribution in [-0.2, 0) is 21.1 Å². The predicted molar refractivity (Wildman–Crippen MR) is 102 cm³/mol. The van der Waals surface area contributed by atoms with Crippen LogP contribution >= 0.6 is 11.6 Å². The minimum atomic E-state index is -3.64. The van der Waals surface area contributed by atoms with E-state index in [9.17, 15) is 18.3 Å². The van der Waals surface area contributed by atoms with Gasteiger partial charge in [-0.25, -0.2) is 13.1 Å². The van der Waals surface area contributed by atoms with Gasteiger partial charge in [-0.15, -0.1) is 0 Å². The molecule has 1 N–H and O–H groups in total. The molecule has 1 fully saturated rings. The molecule has 3 rings (SSSR count). The Kier molecular flexibility index (Phi) is 5.69. The summed E-state index contributed by atoms with van der Waals surface area (Å²) in [4.78, 5) is 12.9. The van der Waals surface area contributed by atoms with E-state index in [-0.39, 0.29) is 45.4 Å². The number of halogens is 1. The number of aromatic nitrogens is 2. The first-order valence-corrected chi connectivity index (χ1v) is 11.0. The van der Waals surface area contributed by atoms with Crippen molar-refractivity contribution in [2.75, 3.05) is 19.5 Å². The largest absolute Gasteiger partial charge is 0.493 e. The average Bonchev–Trinajstić information content (AvgIpc) is 2.86. The van der Waals surface area contributed by atoms with E-state index in [2.05, 4.69) is 5.10 Å². The molecule has 1 saturated heterocycles. The molecule has 10 heteroatoms. The number of aryl methyl sites for hydroxylation is 2. The first kappa shape index (κ1) is 20.6. The maximum Gasteiger partial charge on any atom is 0.221 e. The summed E-state index contributed by atoms with van der Waals surface area (Å²) in [6.45, 7) is 4.51. The molecule has 0 bridgehead atoms. The minimum Gasteiger partial charge on any atom is -0.493 e. The van der Waals surface area contributed by atoms with Crippen LogP contribution in [0.1, 0.15) is 35.0 Å². The van der Waals surface area contributed by atoms with Gasteiger partial charge < -0.3 is 14.6 Å². The Morgan fingerprint density at radius 2 is 2.14 bits per heavy atom. The van der Waals surface area contributed by atoms with Gasteiger partial charge >= 0.3 is 0 Å². The molecule has 0 amide bonds. The number of nitrogens with zero attached hydrogens (tertiary/aromatic N) is 2. The van der Waals surface area contributed by atoms with Gasteiger partial charge in [0, 0.05) is 31.4 Å². The number of carbonyl (C=O) groups is 1. The fourth-order valence-electron chi connectivity index (χ4n) is 2.92. The summed E-state index contributed by atoms with van der Waals surface area (Å²) in [5.74, 6) is -0.923. The lowest BCUT2D eigenvalue weighted by Gasteiger charge is -2.27. The van der Waals surface area contributed by atoms with E-state index in [0.29, 0.717) is 18.8 Å². The lowest BCUT2D eigenvalue weighted by molar-refractivity contribution is -0.0724. The summed E-state index contributed by atoms with van der Waals surface area (Å²) in [7, 11) is -3.64. The van der Waals surface area contributed by atoms with Gasteiger partial charge in [-0.05, 0) is 26.0 Å². The van der Waals surface area contributed by atoms with Gasteiger partial charge in [0.2, 0.25) is 11.7 Å². The molecule has 2 heterocycles. The second-order valence-electron chi connectivity index (χ2n) is 6.55. The molecule has 1 unspecified atom stereocenters. The SMILES string of the molecule is CCn1nc(C)c(C(=O)c2ccc(S(C)(=O)=O)c(OCC3CCO3)c2Cl)c1O. The van der Waals surface area contributed by atoms with Crippen molar-refractivity contribution in [3.8, 4) is 11.6 Å². The summed E-state index contributed by atoms with van der Waals surface area (Å²) in [6, 6.07) is 2.60. The molecule has 0 spiro atoms. The third-order valence-electron chi connectivity index (χ3n) is 4.54. The zero-order valence-corrected chi connectivity index (χ0v) is 17.3. The molecule has 152 valence electrons. The molecule has 28 heavy (non-hydrogen) atoms.